The SMILES string of the molecule is CCC1CC(=O)N(CCNC(C)C)C1. The van der Waals surface area contributed by atoms with E-state index in [-0.39, 0.29) is 0 Å². The van der Waals surface area contributed by atoms with Crippen molar-refractivity contribution in [3.8, 4) is 0 Å². The Hall–Kier alpha value is -0.570. The highest BCUT2D eigenvalue weighted by molar-refractivity contribution is 5.78. The topological polar surface area (TPSA) is 32.3 Å². The lowest BCUT2D eigenvalue weighted by molar-refractivity contribution is -0.127. The van der Waals surface area contributed by atoms with Gasteiger partial charge in [0.05, 0.1) is 0 Å². The number of carbonyl (C=O) groups is 1. The molecule has 1 amide bonds. The molecule has 1 heterocycles. The molecule has 0 bridgehead atoms. The second kappa shape index (κ2) is 5.35. The van der Waals surface area contributed by atoms with Gasteiger partial charge in [0.1, 0.15) is 0 Å². The van der Waals surface area contributed by atoms with E-state index in [1.165, 1.54) is 0 Å². The van der Waals surface area contributed by atoms with E-state index in [4.69, 9.17) is 0 Å². The van der Waals surface area contributed by atoms with E-state index in [1.54, 1.807) is 0 Å². The van der Waals surface area contributed by atoms with Crippen molar-refractivity contribution in [1.29, 1.82) is 0 Å². The average molecular weight is 198 g/mol. The summed E-state index contributed by atoms with van der Waals surface area (Å²) in [5.41, 5.74) is 0. The van der Waals surface area contributed by atoms with Crippen molar-refractivity contribution in [3.63, 3.8) is 0 Å². The van der Waals surface area contributed by atoms with Crippen LogP contribution < -0.4 is 5.32 Å². The van der Waals surface area contributed by atoms with Crippen molar-refractivity contribution >= 4 is 5.91 Å². The number of nitrogens with zero attached hydrogens (tertiary/aromatic N) is 1. The van der Waals surface area contributed by atoms with Gasteiger partial charge in [-0.1, -0.05) is 27.2 Å². The van der Waals surface area contributed by atoms with Gasteiger partial charge in [-0.3, -0.25) is 4.79 Å². The van der Waals surface area contributed by atoms with Crippen LogP contribution in [0.15, 0.2) is 0 Å². The first-order valence-corrected chi connectivity index (χ1v) is 5.64. The first-order chi connectivity index (χ1) is 6.63. The van der Waals surface area contributed by atoms with Crippen LogP contribution in [-0.4, -0.2) is 36.5 Å². The smallest absolute Gasteiger partial charge is 0.222 e. The zero-order chi connectivity index (χ0) is 10.6. The van der Waals surface area contributed by atoms with E-state index in [0.29, 0.717) is 17.9 Å². The van der Waals surface area contributed by atoms with E-state index in [9.17, 15) is 4.79 Å². The lowest BCUT2D eigenvalue weighted by atomic mass is 10.1. The molecule has 3 nitrogen and oxygen atoms in total. The number of carbonyl (C=O) groups excluding carboxylic acids is 1. The van der Waals surface area contributed by atoms with Crippen molar-refractivity contribution in [1.82, 2.24) is 10.2 Å². The van der Waals surface area contributed by atoms with Crippen LogP contribution in [0.2, 0.25) is 0 Å². The molecule has 82 valence electrons. The van der Waals surface area contributed by atoms with Crippen molar-refractivity contribution in [2.75, 3.05) is 19.6 Å². The van der Waals surface area contributed by atoms with Crippen LogP contribution in [0, 0.1) is 5.92 Å². The zero-order valence-corrected chi connectivity index (χ0v) is 9.55. The van der Waals surface area contributed by atoms with Crippen LogP contribution in [0.1, 0.15) is 33.6 Å². The minimum absolute atomic E-state index is 0.336. The molecule has 1 atom stereocenters. The third-order valence-corrected chi connectivity index (χ3v) is 2.81. The highest BCUT2D eigenvalue weighted by Gasteiger charge is 2.27. The molecule has 0 radical (unpaired) electrons. The molecule has 0 saturated carbocycles. The fourth-order valence-electron chi connectivity index (χ4n) is 1.83. The molecule has 1 rings (SSSR count). The van der Waals surface area contributed by atoms with Crippen LogP contribution >= 0.6 is 0 Å². The maximum absolute atomic E-state index is 11.5. The van der Waals surface area contributed by atoms with Crippen LogP contribution in [0.3, 0.4) is 0 Å². The molecule has 0 aromatic rings. The summed E-state index contributed by atoms with van der Waals surface area (Å²) in [7, 11) is 0. The van der Waals surface area contributed by atoms with Gasteiger partial charge < -0.3 is 10.2 Å². The Labute approximate surface area is 86.9 Å². The second-order valence-corrected chi connectivity index (χ2v) is 4.43. The molecule has 0 aromatic carbocycles. The third-order valence-electron chi connectivity index (χ3n) is 2.81. The lowest BCUT2D eigenvalue weighted by Gasteiger charge is -2.17. The Morgan fingerprint density at radius 3 is 2.79 bits per heavy atom. The van der Waals surface area contributed by atoms with Crippen molar-refractivity contribution in [2.45, 2.75) is 39.7 Å². The van der Waals surface area contributed by atoms with Gasteiger partial charge in [-0.05, 0) is 5.92 Å². The maximum atomic E-state index is 11.5. The lowest BCUT2D eigenvalue weighted by Crippen LogP contribution is -2.35. The van der Waals surface area contributed by atoms with E-state index in [2.05, 4.69) is 26.1 Å². The summed E-state index contributed by atoms with van der Waals surface area (Å²) in [5, 5.41) is 3.33. The number of amides is 1. The fourth-order valence-corrected chi connectivity index (χ4v) is 1.83. The largest absolute Gasteiger partial charge is 0.341 e. The van der Waals surface area contributed by atoms with Gasteiger partial charge in [-0.25, -0.2) is 0 Å². The van der Waals surface area contributed by atoms with Crippen LogP contribution in [0.4, 0.5) is 0 Å². The van der Waals surface area contributed by atoms with Crippen molar-refractivity contribution < 1.29 is 4.79 Å². The second-order valence-electron chi connectivity index (χ2n) is 4.43. The van der Waals surface area contributed by atoms with E-state index in [1.807, 2.05) is 4.90 Å². The Kier molecular flexibility index (Phi) is 4.39. The molecule has 1 aliphatic rings. The van der Waals surface area contributed by atoms with Gasteiger partial charge >= 0.3 is 0 Å². The molecule has 0 spiro atoms. The Bertz CT molecular complexity index is 192. The number of likely N-dealkylation sites (tertiary alicyclic amines) is 1. The number of hydrogen-bond donors (Lipinski definition) is 1. The van der Waals surface area contributed by atoms with Gasteiger partial charge in [0, 0.05) is 32.1 Å². The Morgan fingerprint density at radius 1 is 1.57 bits per heavy atom. The standard InChI is InChI=1S/C11H22N2O/c1-4-10-7-11(14)13(8-10)6-5-12-9(2)3/h9-10,12H,4-8H2,1-3H3. The molecule has 14 heavy (non-hydrogen) atoms. The minimum atomic E-state index is 0.336. The molecule has 0 aliphatic carbocycles. The van der Waals surface area contributed by atoms with Crippen molar-refractivity contribution in [3.05, 3.63) is 0 Å². The quantitative estimate of drug-likeness (QED) is 0.721. The summed E-state index contributed by atoms with van der Waals surface area (Å²) in [4.78, 5) is 13.5. The molecular formula is C11H22N2O. The zero-order valence-electron chi connectivity index (χ0n) is 9.55. The molecule has 1 saturated heterocycles. The van der Waals surface area contributed by atoms with Gasteiger partial charge in [-0.2, -0.15) is 0 Å². The van der Waals surface area contributed by atoms with Crippen LogP contribution in [-0.2, 0) is 4.79 Å². The Balaban J connectivity index is 2.21. The first kappa shape index (κ1) is 11.5. The maximum Gasteiger partial charge on any atom is 0.222 e. The summed E-state index contributed by atoms with van der Waals surface area (Å²) < 4.78 is 0. The van der Waals surface area contributed by atoms with Crippen molar-refractivity contribution in [2.24, 2.45) is 5.92 Å². The van der Waals surface area contributed by atoms with Crippen LogP contribution in [0.5, 0.6) is 0 Å². The molecule has 1 unspecified atom stereocenters. The highest BCUT2D eigenvalue weighted by Crippen LogP contribution is 2.19. The summed E-state index contributed by atoms with van der Waals surface area (Å²) >= 11 is 0. The molecule has 0 aromatic heterocycles. The monoisotopic (exact) mass is 198 g/mol. The molecular weight excluding hydrogens is 176 g/mol. The Morgan fingerprint density at radius 2 is 2.29 bits per heavy atom. The van der Waals surface area contributed by atoms with Gasteiger partial charge in [0.2, 0.25) is 5.91 Å². The van der Waals surface area contributed by atoms with E-state index < -0.39 is 0 Å². The summed E-state index contributed by atoms with van der Waals surface area (Å²) in [6.45, 7) is 9.16. The van der Waals surface area contributed by atoms with Crippen LogP contribution in [0.25, 0.3) is 0 Å². The molecule has 1 fully saturated rings. The normalized spacial score (nSPS) is 22.4. The van der Waals surface area contributed by atoms with E-state index in [0.717, 1.165) is 32.5 Å². The predicted molar refractivity (Wildman–Crippen MR) is 58.1 cm³/mol. The summed E-state index contributed by atoms with van der Waals surface area (Å²) in [6.07, 6.45) is 1.89. The first-order valence-electron chi connectivity index (χ1n) is 5.64. The van der Waals surface area contributed by atoms with Gasteiger partial charge in [0.25, 0.3) is 0 Å². The predicted octanol–water partition coefficient (Wildman–Crippen LogP) is 1.24. The molecule has 1 aliphatic heterocycles. The molecule has 3 heteroatoms. The fraction of sp³-hybridized carbons (Fsp3) is 0.909. The van der Waals surface area contributed by atoms with Gasteiger partial charge in [-0.15, -0.1) is 0 Å². The molecule has 1 N–H and O–H groups in total. The summed E-state index contributed by atoms with van der Waals surface area (Å²) in [5.74, 6) is 0.934. The number of hydrogen-bond acceptors (Lipinski definition) is 2. The number of nitrogens with one attached hydrogen (secondary N) is 1. The number of rotatable bonds is 5. The average Bonchev–Trinajstić information content (AvgIpc) is 2.47. The van der Waals surface area contributed by atoms with E-state index >= 15 is 0 Å². The van der Waals surface area contributed by atoms with Gasteiger partial charge in [0.15, 0.2) is 0 Å². The summed E-state index contributed by atoms with van der Waals surface area (Å²) in [6, 6.07) is 0.509. The minimum Gasteiger partial charge on any atom is -0.341 e. The third kappa shape index (κ3) is 3.29. The highest BCUT2D eigenvalue weighted by atomic mass is 16.2.